The fraction of sp³-hybridized carbons (Fsp3) is 0.400. The van der Waals surface area contributed by atoms with Crippen molar-refractivity contribution in [3.63, 3.8) is 0 Å². The Labute approximate surface area is 181 Å². The van der Waals surface area contributed by atoms with Crippen molar-refractivity contribution in [1.29, 1.82) is 0 Å². The lowest BCUT2D eigenvalue weighted by Crippen LogP contribution is -2.52. The molecule has 29 heavy (non-hydrogen) atoms. The SMILES string of the molecule is O=C1CCC(N2Cc3cc(NC(=O)CCCC(Cl)C#CBr)ccc3C2=O)C(=O)N1. The van der Waals surface area contributed by atoms with E-state index < -0.39 is 11.9 Å². The van der Waals surface area contributed by atoms with Crippen LogP contribution in [0.3, 0.4) is 0 Å². The van der Waals surface area contributed by atoms with Gasteiger partial charge in [-0.2, -0.15) is 0 Å². The predicted molar refractivity (Wildman–Crippen MR) is 111 cm³/mol. The number of piperidine rings is 1. The summed E-state index contributed by atoms with van der Waals surface area (Å²) in [6.45, 7) is 0.267. The van der Waals surface area contributed by atoms with E-state index in [4.69, 9.17) is 11.6 Å². The van der Waals surface area contributed by atoms with Crippen LogP contribution in [0.4, 0.5) is 5.69 Å². The lowest BCUT2D eigenvalue weighted by molar-refractivity contribution is -0.137. The molecule has 9 heteroatoms. The molecule has 1 fully saturated rings. The highest BCUT2D eigenvalue weighted by Gasteiger charge is 2.39. The molecular formula is C20H19BrClN3O4. The first-order chi connectivity index (χ1) is 13.9. The fourth-order valence-corrected chi connectivity index (χ4v) is 4.07. The van der Waals surface area contributed by atoms with Gasteiger partial charge in [0.25, 0.3) is 5.91 Å². The van der Waals surface area contributed by atoms with Crippen LogP contribution in [0.15, 0.2) is 18.2 Å². The summed E-state index contributed by atoms with van der Waals surface area (Å²) in [5.41, 5.74) is 1.84. The first-order valence-corrected chi connectivity index (χ1v) is 10.4. The number of hydrogen-bond donors (Lipinski definition) is 2. The number of hydrogen-bond acceptors (Lipinski definition) is 4. The van der Waals surface area contributed by atoms with Crippen molar-refractivity contribution in [1.82, 2.24) is 10.2 Å². The molecule has 0 saturated carbocycles. The van der Waals surface area contributed by atoms with Gasteiger partial charge in [0.2, 0.25) is 17.7 Å². The van der Waals surface area contributed by atoms with E-state index in [1.54, 1.807) is 18.2 Å². The van der Waals surface area contributed by atoms with Crippen LogP contribution in [0, 0.1) is 10.8 Å². The largest absolute Gasteiger partial charge is 0.326 e. The van der Waals surface area contributed by atoms with Gasteiger partial charge in [0.15, 0.2) is 0 Å². The number of carbonyl (C=O) groups is 4. The topological polar surface area (TPSA) is 95.6 Å². The molecule has 0 aliphatic carbocycles. The summed E-state index contributed by atoms with van der Waals surface area (Å²) in [5, 5.41) is 4.80. The van der Waals surface area contributed by atoms with Crippen molar-refractivity contribution in [2.24, 2.45) is 0 Å². The highest BCUT2D eigenvalue weighted by atomic mass is 79.9. The molecule has 0 spiro atoms. The molecule has 2 aliphatic heterocycles. The molecule has 1 aromatic carbocycles. The second kappa shape index (κ2) is 9.42. The molecule has 7 nitrogen and oxygen atoms in total. The molecule has 152 valence electrons. The summed E-state index contributed by atoms with van der Waals surface area (Å²) in [6.07, 6.45) is 2.05. The first-order valence-electron chi connectivity index (χ1n) is 9.21. The summed E-state index contributed by atoms with van der Waals surface area (Å²) in [5.74, 6) is 1.60. The summed E-state index contributed by atoms with van der Waals surface area (Å²) < 4.78 is 0. The number of rotatable bonds is 6. The summed E-state index contributed by atoms with van der Waals surface area (Å²) in [4.78, 5) is 52.3. The zero-order chi connectivity index (χ0) is 21.0. The average molecular weight is 481 g/mol. The van der Waals surface area contributed by atoms with Crippen LogP contribution in [0.5, 0.6) is 0 Å². The smallest absolute Gasteiger partial charge is 0.255 e. The quantitative estimate of drug-likeness (QED) is 0.372. The number of amides is 4. The maximum Gasteiger partial charge on any atom is 0.255 e. The zero-order valence-electron chi connectivity index (χ0n) is 15.5. The van der Waals surface area contributed by atoms with E-state index in [0.29, 0.717) is 36.9 Å². The van der Waals surface area contributed by atoms with E-state index in [1.807, 2.05) is 0 Å². The van der Waals surface area contributed by atoms with Crippen LogP contribution in [-0.2, 0) is 20.9 Å². The van der Waals surface area contributed by atoms with Crippen molar-refractivity contribution in [3.8, 4) is 10.8 Å². The number of halogens is 2. The summed E-state index contributed by atoms with van der Waals surface area (Å²) in [6, 6.07) is 4.41. The number of alkyl halides is 1. The van der Waals surface area contributed by atoms with Crippen LogP contribution in [0.25, 0.3) is 0 Å². The molecule has 3 rings (SSSR count). The Hall–Kier alpha value is -2.37. The third-order valence-electron chi connectivity index (χ3n) is 4.88. The van der Waals surface area contributed by atoms with E-state index in [-0.39, 0.29) is 36.1 Å². The fourth-order valence-electron chi connectivity index (χ4n) is 3.45. The minimum absolute atomic E-state index is 0.146. The standard InChI is InChI=1S/C20H19BrClN3O4/c21-9-8-13(22)2-1-3-17(26)23-14-4-5-15-12(10-14)11-25(20(15)29)16-6-7-18(27)24-19(16)28/h4-5,10,13,16H,1-3,6-7,11H2,(H,23,26)(H,24,27,28). The number of imide groups is 1. The molecule has 0 bridgehead atoms. The molecule has 2 N–H and O–H groups in total. The normalized spacial score (nSPS) is 19.2. The highest BCUT2D eigenvalue weighted by molar-refractivity contribution is 9.12. The van der Waals surface area contributed by atoms with Gasteiger partial charge in [0, 0.05) is 46.6 Å². The second-order valence-electron chi connectivity index (χ2n) is 6.92. The lowest BCUT2D eigenvalue weighted by Gasteiger charge is -2.29. The highest BCUT2D eigenvalue weighted by Crippen LogP contribution is 2.29. The molecule has 4 amide bonds. The monoisotopic (exact) mass is 479 g/mol. The molecule has 2 heterocycles. The third kappa shape index (κ3) is 5.17. The van der Waals surface area contributed by atoms with Gasteiger partial charge in [-0.05, 0) is 47.9 Å². The molecule has 0 radical (unpaired) electrons. The van der Waals surface area contributed by atoms with Gasteiger partial charge in [-0.25, -0.2) is 0 Å². The number of anilines is 1. The minimum atomic E-state index is -0.656. The maximum absolute atomic E-state index is 12.7. The Morgan fingerprint density at radius 3 is 2.90 bits per heavy atom. The van der Waals surface area contributed by atoms with Gasteiger partial charge in [-0.15, -0.1) is 11.6 Å². The average Bonchev–Trinajstić information content (AvgIpc) is 2.98. The van der Waals surface area contributed by atoms with Crippen LogP contribution < -0.4 is 10.6 Å². The number of nitrogens with zero attached hydrogens (tertiary/aromatic N) is 1. The van der Waals surface area contributed by atoms with E-state index >= 15 is 0 Å². The van der Waals surface area contributed by atoms with Gasteiger partial charge < -0.3 is 10.2 Å². The van der Waals surface area contributed by atoms with Crippen LogP contribution >= 0.6 is 27.5 Å². The summed E-state index contributed by atoms with van der Waals surface area (Å²) in [7, 11) is 0. The maximum atomic E-state index is 12.7. The number of fused-ring (bicyclic) bond motifs is 1. The molecule has 1 aromatic rings. The van der Waals surface area contributed by atoms with E-state index in [2.05, 4.69) is 37.3 Å². The van der Waals surface area contributed by atoms with Crippen LogP contribution in [-0.4, -0.2) is 39.9 Å². The zero-order valence-corrected chi connectivity index (χ0v) is 17.8. The number of nitrogens with one attached hydrogen (secondary N) is 2. The van der Waals surface area contributed by atoms with Crippen LogP contribution in [0.2, 0.25) is 0 Å². The van der Waals surface area contributed by atoms with E-state index in [0.717, 1.165) is 5.56 Å². The van der Waals surface area contributed by atoms with Gasteiger partial charge >= 0.3 is 0 Å². The van der Waals surface area contributed by atoms with E-state index in [1.165, 1.54) is 4.90 Å². The Bertz CT molecular complexity index is 924. The Morgan fingerprint density at radius 1 is 1.38 bits per heavy atom. The first kappa shape index (κ1) is 21.3. The molecule has 2 atom stereocenters. The predicted octanol–water partition coefficient (Wildman–Crippen LogP) is 2.52. The van der Waals surface area contributed by atoms with Crippen molar-refractivity contribution >= 4 is 56.8 Å². The van der Waals surface area contributed by atoms with Gasteiger partial charge in [0.05, 0.1) is 5.38 Å². The molecular weight excluding hydrogens is 462 g/mol. The van der Waals surface area contributed by atoms with Crippen LogP contribution in [0.1, 0.15) is 48.0 Å². The Kier molecular flexibility index (Phi) is 6.93. The van der Waals surface area contributed by atoms with Gasteiger partial charge in [-0.3, -0.25) is 24.5 Å². The van der Waals surface area contributed by atoms with Crippen molar-refractivity contribution in [2.75, 3.05) is 5.32 Å². The minimum Gasteiger partial charge on any atom is -0.326 e. The van der Waals surface area contributed by atoms with Crippen molar-refractivity contribution in [3.05, 3.63) is 29.3 Å². The summed E-state index contributed by atoms with van der Waals surface area (Å²) >= 11 is 8.97. The van der Waals surface area contributed by atoms with Crippen molar-refractivity contribution < 1.29 is 19.2 Å². The molecule has 1 saturated heterocycles. The lowest BCUT2D eigenvalue weighted by atomic mass is 10.0. The molecule has 0 aromatic heterocycles. The Morgan fingerprint density at radius 2 is 2.17 bits per heavy atom. The van der Waals surface area contributed by atoms with Crippen molar-refractivity contribution in [2.45, 2.75) is 50.1 Å². The molecule has 2 unspecified atom stereocenters. The Balaban J connectivity index is 1.59. The number of carbonyl (C=O) groups excluding carboxylic acids is 4. The molecule has 2 aliphatic rings. The van der Waals surface area contributed by atoms with Gasteiger partial charge in [-0.1, -0.05) is 5.92 Å². The second-order valence-corrected chi connectivity index (χ2v) is 7.84. The number of benzene rings is 1. The van der Waals surface area contributed by atoms with Gasteiger partial charge in [0.1, 0.15) is 6.04 Å². The van der Waals surface area contributed by atoms with E-state index in [9.17, 15) is 19.2 Å². The third-order valence-corrected chi connectivity index (χ3v) is 5.44.